The molecule has 0 fully saturated rings. The van der Waals surface area contributed by atoms with Gasteiger partial charge in [-0.1, -0.05) is 30.3 Å². The fraction of sp³-hybridized carbons (Fsp3) is 0.294. The first-order chi connectivity index (χ1) is 9.10. The predicted octanol–water partition coefficient (Wildman–Crippen LogP) is 3.29. The molecular weight excluding hydrogens is 234 g/mol. The molecule has 0 amide bonds. The fourth-order valence-corrected chi connectivity index (χ4v) is 2.32. The molecule has 0 spiro atoms. The van der Waals surface area contributed by atoms with Crippen LogP contribution in [0.4, 0.5) is 0 Å². The van der Waals surface area contributed by atoms with Crippen molar-refractivity contribution in [1.82, 2.24) is 0 Å². The maximum absolute atomic E-state index is 9.52. The zero-order valence-corrected chi connectivity index (χ0v) is 11.6. The molecule has 2 nitrogen and oxygen atoms in total. The molecule has 2 aromatic rings. The van der Waals surface area contributed by atoms with Crippen LogP contribution in [-0.2, 0) is 6.42 Å². The van der Waals surface area contributed by atoms with Gasteiger partial charge in [0.05, 0.1) is 0 Å². The maximum Gasteiger partial charge on any atom is 0.115 e. The molecule has 1 atom stereocenters. The van der Waals surface area contributed by atoms with Gasteiger partial charge in [0.2, 0.25) is 0 Å². The normalized spacial score (nSPS) is 12.4. The summed E-state index contributed by atoms with van der Waals surface area (Å²) in [6.07, 6.45) is 0.855. The number of phenols is 1. The molecule has 0 radical (unpaired) electrons. The van der Waals surface area contributed by atoms with E-state index in [9.17, 15) is 5.11 Å². The molecular formula is C17H21NO. The average molecular weight is 255 g/mol. The highest BCUT2D eigenvalue weighted by atomic mass is 16.3. The van der Waals surface area contributed by atoms with Crippen LogP contribution in [0, 0.1) is 13.8 Å². The van der Waals surface area contributed by atoms with Crippen molar-refractivity contribution in [2.45, 2.75) is 26.2 Å². The van der Waals surface area contributed by atoms with Crippen LogP contribution in [0.5, 0.6) is 5.75 Å². The second-order valence-corrected chi connectivity index (χ2v) is 5.15. The second-order valence-electron chi connectivity index (χ2n) is 5.15. The number of nitrogens with two attached hydrogens (primary N) is 1. The van der Waals surface area contributed by atoms with E-state index >= 15 is 0 Å². The van der Waals surface area contributed by atoms with Crippen LogP contribution in [-0.4, -0.2) is 11.7 Å². The number of hydrogen-bond donors (Lipinski definition) is 2. The molecule has 0 saturated carbocycles. The van der Waals surface area contributed by atoms with Crippen molar-refractivity contribution in [3.63, 3.8) is 0 Å². The number of aromatic hydroxyl groups is 1. The van der Waals surface area contributed by atoms with Crippen LogP contribution in [0.1, 0.15) is 28.2 Å². The highest BCUT2D eigenvalue weighted by Crippen LogP contribution is 2.23. The lowest BCUT2D eigenvalue weighted by Gasteiger charge is -2.17. The van der Waals surface area contributed by atoms with Gasteiger partial charge in [-0.3, -0.25) is 0 Å². The average Bonchev–Trinajstić information content (AvgIpc) is 2.39. The first-order valence-electron chi connectivity index (χ1n) is 6.65. The summed E-state index contributed by atoms with van der Waals surface area (Å²) in [5.74, 6) is 0.606. The molecule has 0 saturated heterocycles. The zero-order valence-electron chi connectivity index (χ0n) is 11.6. The molecule has 2 heteroatoms. The van der Waals surface area contributed by atoms with Crippen molar-refractivity contribution >= 4 is 0 Å². The number of rotatable bonds is 4. The van der Waals surface area contributed by atoms with Crippen molar-refractivity contribution in [3.8, 4) is 5.75 Å². The van der Waals surface area contributed by atoms with E-state index in [1.807, 2.05) is 18.2 Å². The van der Waals surface area contributed by atoms with Crippen molar-refractivity contribution in [2.24, 2.45) is 5.73 Å². The third-order valence-electron chi connectivity index (χ3n) is 3.68. The summed E-state index contributed by atoms with van der Waals surface area (Å²) in [6.45, 7) is 4.85. The van der Waals surface area contributed by atoms with Gasteiger partial charge in [-0.25, -0.2) is 0 Å². The summed E-state index contributed by atoms with van der Waals surface area (Å²) in [7, 11) is 0. The molecule has 0 aliphatic carbocycles. The lowest BCUT2D eigenvalue weighted by molar-refractivity contribution is 0.474. The summed E-state index contributed by atoms with van der Waals surface area (Å²) in [4.78, 5) is 0. The SMILES string of the molecule is Cc1ccc(C(CN)Cc2cccc(O)c2)cc1C. The van der Waals surface area contributed by atoms with Gasteiger partial charge in [-0.05, 0) is 61.2 Å². The standard InChI is InChI=1S/C17H21NO/c1-12-6-7-15(8-13(12)2)16(11-18)9-14-4-3-5-17(19)10-14/h3-8,10,16,19H,9,11,18H2,1-2H3. The number of benzene rings is 2. The third kappa shape index (κ3) is 3.36. The molecule has 2 rings (SSSR count). The maximum atomic E-state index is 9.52. The Morgan fingerprint density at radius 3 is 2.47 bits per heavy atom. The minimum absolute atomic E-state index is 0.293. The van der Waals surface area contributed by atoms with Gasteiger partial charge in [0, 0.05) is 5.92 Å². The lowest BCUT2D eigenvalue weighted by atomic mass is 9.90. The summed E-state index contributed by atoms with van der Waals surface area (Å²) in [6, 6.07) is 13.9. The molecule has 100 valence electrons. The minimum atomic E-state index is 0.293. The molecule has 0 bridgehead atoms. The molecule has 19 heavy (non-hydrogen) atoms. The van der Waals surface area contributed by atoms with E-state index in [4.69, 9.17) is 5.73 Å². The van der Waals surface area contributed by atoms with Crippen LogP contribution >= 0.6 is 0 Å². The molecule has 0 aliphatic rings. The molecule has 0 aromatic heterocycles. The van der Waals surface area contributed by atoms with E-state index in [0.717, 1.165) is 12.0 Å². The third-order valence-corrected chi connectivity index (χ3v) is 3.68. The van der Waals surface area contributed by atoms with Gasteiger partial charge in [0.15, 0.2) is 0 Å². The van der Waals surface area contributed by atoms with Crippen LogP contribution in [0.3, 0.4) is 0 Å². The van der Waals surface area contributed by atoms with E-state index in [2.05, 4.69) is 32.0 Å². The zero-order chi connectivity index (χ0) is 13.8. The second kappa shape index (κ2) is 5.89. The summed E-state index contributed by atoms with van der Waals surface area (Å²) in [5.41, 5.74) is 10.9. The minimum Gasteiger partial charge on any atom is -0.508 e. The summed E-state index contributed by atoms with van der Waals surface area (Å²) >= 11 is 0. The topological polar surface area (TPSA) is 46.2 Å². The first-order valence-corrected chi connectivity index (χ1v) is 6.65. The number of hydrogen-bond acceptors (Lipinski definition) is 2. The Morgan fingerprint density at radius 1 is 1.05 bits per heavy atom. The number of aryl methyl sites for hydroxylation is 2. The van der Waals surface area contributed by atoms with Gasteiger partial charge in [0.1, 0.15) is 5.75 Å². The smallest absolute Gasteiger partial charge is 0.115 e. The first kappa shape index (κ1) is 13.6. The monoisotopic (exact) mass is 255 g/mol. The van der Waals surface area contributed by atoms with Crippen LogP contribution in [0.2, 0.25) is 0 Å². The van der Waals surface area contributed by atoms with Gasteiger partial charge < -0.3 is 10.8 Å². The number of phenolic OH excluding ortho intramolecular Hbond substituents is 1. The van der Waals surface area contributed by atoms with E-state index < -0.39 is 0 Å². The fourth-order valence-electron chi connectivity index (χ4n) is 2.32. The van der Waals surface area contributed by atoms with E-state index in [1.54, 1.807) is 6.07 Å². The quantitative estimate of drug-likeness (QED) is 0.880. The van der Waals surface area contributed by atoms with Crippen molar-refractivity contribution < 1.29 is 5.11 Å². The highest BCUT2D eigenvalue weighted by Gasteiger charge is 2.11. The van der Waals surface area contributed by atoms with Crippen LogP contribution < -0.4 is 5.73 Å². The van der Waals surface area contributed by atoms with Gasteiger partial charge in [-0.15, -0.1) is 0 Å². The highest BCUT2D eigenvalue weighted by molar-refractivity contribution is 5.34. The molecule has 0 aliphatic heterocycles. The van der Waals surface area contributed by atoms with Crippen molar-refractivity contribution in [1.29, 1.82) is 0 Å². The van der Waals surface area contributed by atoms with Crippen molar-refractivity contribution in [2.75, 3.05) is 6.54 Å². The van der Waals surface area contributed by atoms with Gasteiger partial charge in [-0.2, -0.15) is 0 Å². The predicted molar refractivity (Wildman–Crippen MR) is 79.5 cm³/mol. The van der Waals surface area contributed by atoms with Crippen LogP contribution in [0.15, 0.2) is 42.5 Å². The Bertz CT molecular complexity index is 563. The van der Waals surface area contributed by atoms with E-state index in [-0.39, 0.29) is 0 Å². The summed E-state index contributed by atoms with van der Waals surface area (Å²) < 4.78 is 0. The molecule has 0 heterocycles. The Morgan fingerprint density at radius 2 is 1.84 bits per heavy atom. The Balaban J connectivity index is 2.22. The van der Waals surface area contributed by atoms with E-state index in [1.165, 1.54) is 16.7 Å². The van der Waals surface area contributed by atoms with E-state index in [0.29, 0.717) is 18.2 Å². The van der Waals surface area contributed by atoms with Gasteiger partial charge >= 0.3 is 0 Å². The Kier molecular flexibility index (Phi) is 4.23. The lowest BCUT2D eigenvalue weighted by Crippen LogP contribution is -2.15. The molecule has 1 unspecified atom stereocenters. The molecule has 3 N–H and O–H groups in total. The van der Waals surface area contributed by atoms with Crippen LogP contribution in [0.25, 0.3) is 0 Å². The Labute approximate surface area is 114 Å². The molecule has 2 aromatic carbocycles. The summed E-state index contributed by atoms with van der Waals surface area (Å²) in [5, 5.41) is 9.52. The Hall–Kier alpha value is -1.80. The van der Waals surface area contributed by atoms with Gasteiger partial charge in [0.25, 0.3) is 0 Å². The van der Waals surface area contributed by atoms with Crippen molar-refractivity contribution in [3.05, 3.63) is 64.7 Å². The largest absolute Gasteiger partial charge is 0.508 e.